The molecule has 0 aliphatic heterocycles. The van der Waals surface area contributed by atoms with Crippen molar-refractivity contribution in [2.24, 2.45) is 5.10 Å². The summed E-state index contributed by atoms with van der Waals surface area (Å²) in [7, 11) is 0. The van der Waals surface area contributed by atoms with Crippen molar-refractivity contribution in [3.05, 3.63) is 76.4 Å². The van der Waals surface area contributed by atoms with Gasteiger partial charge in [0.1, 0.15) is 37.4 Å². The molecule has 1 heterocycles. The molecule has 2 aromatic carbocycles. The van der Waals surface area contributed by atoms with E-state index in [1.165, 1.54) is 41.7 Å². The molecule has 0 aliphatic carbocycles. The number of ether oxygens (including phenoxy) is 2. The maximum Gasteiger partial charge on any atom is 0.270 e. The van der Waals surface area contributed by atoms with Crippen LogP contribution in [-0.4, -0.2) is 39.2 Å². The van der Waals surface area contributed by atoms with Crippen LogP contribution < -0.4 is 9.47 Å². The Labute approximate surface area is 155 Å². The number of hydrogen-bond donors (Lipinski definition) is 0. The fraction of sp³-hybridized carbons (Fsp3) is 0.167. The fourth-order valence-corrected chi connectivity index (χ4v) is 2.28. The topological polar surface area (TPSA) is 105 Å². The van der Waals surface area contributed by atoms with Crippen molar-refractivity contribution in [2.45, 2.75) is 6.92 Å². The van der Waals surface area contributed by atoms with E-state index >= 15 is 0 Å². The molecule has 9 heteroatoms. The Bertz CT molecular complexity index is 941. The first-order chi connectivity index (χ1) is 13.1. The van der Waals surface area contributed by atoms with Crippen LogP contribution in [-0.2, 0) is 0 Å². The van der Waals surface area contributed by atoms with Crippen LogP contribution in [0.5, 0.6) is 11.5 Å². The largest absolute Gasteiger partial charge is 0.490 e. The Morgan fingerprint density at radius 1 is 1.15 bits per heavy atom. The van der Waals surface area contributed by atoms with E-state index in [1.807, 2.05) is 31.2 Å². The lowest BCUT2D eigenvalue weighted by atomic mass is 10.2. The molecule has 27 heavy (non-hydrogen) atoms. The first kappa shape index (κ1) is 18.1. The molecule has 0 unspecified atom stereocenters. The highest BCUT2D eigenvalue weighted by Crippen LogP contribution is 2.23. The summed E-state index contributed by atoms with van der Waals surface area (Å²) in [6, 6.07) is 12.0. The van der Waals surface area contributed by atoms with Gasteiger partial charge < -0.3 is 9.47 Å². The third kappa shape index (κ3) is 5.11. The summed E-state index contributed by atoms with van der Waals surface area (Å²) in [5.74, 6) is 1.22. The fourth-order valence-electron chi connectivity index (χ4n) is 2.28. The zero-order chi connectivity index (χ0) is 19.1. The third-order valence-electron chi connectivity index (χ3n) is 3.54. The number of nitro benzene ring substituents is 1. The van der Waals surface area contributed by atoms with Gasteiger partial charge in [0.25, 0.3) is 5.69 Å². The maximum absolute atomic E-state index is 11.0. The van der Waals surface area contributed by atoms with E-state index in [9.17, 15) is 10.1 Å². The molecule has 0 atom stereocenters. The number of rotatable bonds is 8. The highest BCUT2D eigenvalue weighted by atomic mass is 16.6. The number of benzene rings is 2. The molecule has 138 valence electrons. The number of non-ortho nitro benzene ring substituents is 1. The summed E-state index contributed by atoms with van der Waals surface area (Å²) in [5, 5.41) is 22.4. The van der Waals surface area contributed by atoms with Crippen molar-refractivity contribution in [3.63, 3.8) is 0 Å². The Morgan fingerprint density at radius 2 is 1.93 bits per heavy atom. The van der Waals surface area contributed by atoms with E-state index in [2.05, 4.69) is 15.3 Å². The van der Waals surface area contributed by atoms with Gasteiger partial charge >= 0.3 is 0 Å². The molecule has 3 rings (SSSR count). The predicted molar refractivity (Wildman–Crippen MR) is 98.3 cm³/mol. The van der Waals surface area contributed by atoms with Gasteiger partial charge in [-0.15, -0.1) is 10.2 Å². The van der Waals surface area contributed by atoms with Crippen molar-refractivity contribution in [2.75, 3.05) is 13.2 Å². The number of nitrogens with zero attached hydrogens (tertiary/aromatic N) is 5. The number of hydrogen-bond acceptors (Lipinski definition) is 7. The van der Waals surface area contributed by atoms with Gasteiger partial charge in [-0.25, -0.2) is 4.68 Å². The third-order valence-corrected chi connectivity index (χ3v) is 3.54. The SMILES string of the molecule is Cc1cccc(OCCOc2ccc([N+](=O)[O-])cc2/C=N/n2cnnc2)c1. The Balaban J connectivity index is 1.67. The average Bonchev–Trinajstić information content (AvgIpc) is 3.17. The quantitative estimate of drug-likeness (QED) is 0.262. The lowest BCUT2D eigenvalue weighted by molar-refractivity contribution is -0.384. The second-order valence-electron chi connectivity index (χ2n) is 5.58. The van der Waals surface area contributed by atoms with Crippen LogP contribution >= 0.6 is 0 Å². The highest BCUT2D eigenvalue weighted by Gasteiger charge is 2.11. The van der Waals surface area contributed by atoms with Gasteiger partial charge in [0.15, 0.2) is 0 Å². The lowest BCUT2D eigenvalue weighted by Crippen LogP contribution is -2.10. The standard InChI is InChI=1S/C18H17N5O4/c1-14-3-2-4-17(9-14)26-7-8-27-18-6-5-16(23(24)25)10-15(18)11-21-22-12-19-20-13-22/h2-6,9-13H,7-8H2,1H3/b21-11+. The van der Waals surface area contributed by atoms with Crippen LogP contribution in [0.15, 0.2) is 60.2 Å². The van der Waals surface area contributed by atoms with Crippen molar-refractivity contribution in [1.82, 2.24) is 14.9 Å². The Hall–Kier alpha value is -3.75. The average molecular weight is 367 g/mol. The highest BCUT2D eigenvalue weighted by molar-refractivity contribution is 5.84. The van der Waals surface area contributed by atoms with Crippen LogP contribution in [0.4, 0.5) is 5.69 Å². The molecule has 0 bridgehead atoms. The van der Waals surface area contributed by atoms with Crippen LogP contribution in [0.3, 0.4) is 0 Å². The molecular weight excluding hydrogens is 350 g/mol. The van der Waals surface area contributed by atoms with Crippen LogP contribution in [0, 0.1) is 17.0 Å². The van der Waals surface area contributed by atoms with Gasteiger partial charge in [-0.05, 0) is 30.7 Å². The predicted octanol–water partition coefficient (Wildman–Crippen LogP) is 2.83. The molecule has 0 saturated carbocycles. The molecule has 0 saturated heterocycles. The molecule has 0 amide bonds. The van der Waals surface area contributed by atoms with Gasteiger partial charge in [-0.2, -0.15) is 5.10 Å². The minimum absolute atomic E-state index is 0.0523. The zero-order valence-electron chi connectivity index (χ0n) is 14.6. The van der Waals surface area contributed by atoms with Gasteiger partial charge in [0.2, 0.25) is 0 Å². The van der Waals surface area contributed by atoms with Crippen LogP contribution in [0.2, 0.25) is 0 Å². The van der Waals surface area contributed by atoms with Crippen molar-refractivity contribution >= 4 is 11.9 Å². The second kappa shape index (κ2) is 8.56. The van der Waals surface area contributed by atoms with E-state index in [4.69, 9.17) is 9.47 Å². The summed E-state index contributed by atoms with van der Waals surface area (Å²) in [6.07, 6.45) is 4.27. The molecule has 1 aromatic heterocycles. The molecule has 3 aromatic rings. The van der Waals surface area contributed by atoms with Crippen molar-refractivity contribution < 1.29 is 14.4 Å². The maximum atomic E-state index is 11.0. The lowest BCUT2D eigenvalue weighted by Gasteiger charge is -2.10. The van der Waals surface area contributed by atoms with Crippen LogP contribution in [0.1, 0.15) is 11.1 Å². The number of nitro groups is 1. The number of aromatic nitrogens is 3. The molecule has 0 N–H and O–H groups in total. The van der Waals surface area contributed by atoms with Crippen molar-refractivity contribution in [3.8, 4) is 11.5 Å². The monoisotopic (exact) mass is 367 g/mol. The van der Waals surface area contributed by atoms with Gasteiger partial charge in [0.05, 0.1) is 11.1 Å². The first-order valence-electron chi connectivity index (χ1n) is 8.11. The van der Waals surface area contributed by atoms with E-state index in [0.717, 1.165) is 11.3 Å². The second-order valence-corrected chi connectivity index (χ2v) is 5.58. The Morgan fingerprint density at radius 3 is 2.67 bits per heavy atom. The first-order valence-corrected chi connectivity index (χ1v) is 8.11. The molecule has 0 fully saturated rings. The molecule has 0 radical (unpaired) electrons. The summed E-state index contributed by atoms with van der Waals surface area (Å²) < 4.78 is 12.7. The van der Waals surface area contributed by atoms with E-state index in [-0.39, 0.29) is 12.3 Å². The minimum atomic E-state index is -0.471. The molecule has 9 nitrogen and oxygen atoms in total. The number of aryl methyl sites for hydroxylation is 1. The molecule has 0 spiro atoms. The zero-order valence-corrected chi connectivity index (χ0v) is 14.6. The molecular formula is C18H17N5O4. The van der Waals surface area contributed by atoms with Crippen LogP contribution in [0.25, 0.3) is 0 Å². The minimum Gasteiger partial charge on any atom is -0.490 e. The Kier molecular flexibility index (Phi) is 5.73. The summed E-state index contributed by atoms with van der Waals surface area (Å²) in [6.45, 7) is 2.60. The summed E-state index contributed by atoms with van der Waals surface area (Å²) in [4.78, 5) is 10.5. The normalized spacial score (nSPS) is 10.9. The summed E-state index contributed by atoms with van der Waals surface area (Å²) in [5.41, 5.74) is 1.52. The summed E-state index contributed by atoms with van der Waals surface area (Å²) >= 11 is 0. The van der Waals surface area contributed by atoms with E-state index in [1.54, 1.807) is 0 Å². The van der Waals surface area contributed by atoms with E-state index < -0.39 is 4.92 Å². The van der Waals surface area contributed by atoms with E-state index in [0.29, 0.717) is 17.9 Å². The van der Waals surface area contributed by atoms with Gasteiger partial charge in [-0.1, -0.05) is 12.1 Å². The van der Waals surface area contributed by atoms with Gasteiger partial charge in [0, 0.05) is 17.7 Å². The molecule has 0 aliphatic rings. The van der Waals surface area contributed by atoms with Gasteiger partial charge in [-0.3, -0.25) is 10.1 Å². The smallest absolute Gasteiger partial charge is 0.270 e. The van der Waals surface area contributed by atoms with Crippen molar-refractivity contribution in [1.29, 1.82) is 0 Å².